The molecular formula is C14H15BrClN3O2S. The minimum absolute atomic E-state index is 0. The van der Waals surface area contributed by atoms with Gasteiger partial charge in [0.15, 0.2) is 5.13 Å². The molecule has 0 bridgehead atoms. The summed E-state index contributed by atoms with van der Waals surface area (Å²) in [7, 11) is 0. The average Bonchev–Trinajstić information content (AvgIpc) is 2.97. The largest absolute Gasteiger partial charge is 0.366 e. The van der Waals surface area contributed by atoms with Gasteiger partial charge in [-0.25, -0.2) is 4.98 Å². The zero-order chi connectivity index (χ0) is 14.7. The van der Waals surface area contributed by atoms with E-state index in [1.54, 1.807) is 0 Å². The molecule has 1 unspecified atom stereocenters. The molecule has 1 saturated heterocycles. The standard InChI is InChI=1S/C14H14BrN3O2S.ClH/c15-10-3-1-2-9(6-10)11-8-21-14(17-11)18-13(19)12-7-16-4-5-20-12;/h1-3,6,8,12,16H,4-5,7H2,(H,17,18,19);1H. The van der Waals surface area contributed by atoms with Crippen molar-refractivity contribution in [2.75, 3.05) is 25.0 Å². The lowest BCUT2D eigenvalue weighted by molar-refractivity contribution is -0.128. The summed E-state index contributed by atoms with van der Waals surface area (Å²) >= 11 is 4.85. The first-order chi connectivity index (χ1) is 10.2. The van der Waals surface area contributed by atoms with E-state index in [-0.39, 0.29) is 18.3 Å². The predicted molar refractivity (Wildman–Crippen MR) is 93.7 cm³/mol. The van der Waals surface area contributed by atoms with Gasteiger partial charge in [-0.3, -0.25) is 10.1 Å². The molecule has 3 rings (SSSR count). The Morgan fingerprint density at radius 3 is 3.09 bits per heavy atom. The number of amides is 1. The third kappa shape index (κ3) is 4.27. The van der Waals surface area contributed by atoms with Crippen LogP contribution in [0.4, 0.5) is 5.13 Å². The second-order valence-corrected chi connectivity index (χ2v) is 6.37. The van der Waals surface area contributed by atoms with Gasteiger partial charge in [0, 0.05) is 28.5 Å². The number of nitrogens with one attached hydrogen (secondary N) is 2. The zero-order valence-corrected chi connectivity index (χ0v) is 14.8. The van der Waals surface area contributed by atoms with Gasteiger partial charge in [0.2, 0.25) is 0 Å². The van der Waals surface area contributed by atoms with Crippen LogP contribution in [-0.2, 0) is 9.53 Å². The molecule has 1 amide bonds. The van der Waals surface area contributed by atoms with Gasteiger partial charge in [-0.15, -0.1) is 23.7 Å². The molecule has 22 heavy (non-hydrogen) atoms. The third-order valence-corrected chi connectivity index (χ3v) is 4.33. The van der Waals surface area contributed by atoms with Gasteiger partial charge in [0.05, 0.1) is 12.3 Å². The second kappa shape index (κ2) is 8.03. The Labute approximate surface area is 147 Å². The summed E-state index contributed by atoms with van der Waals surface area (Å²) in [6.07, 6.45) is -0.447. The Balaban J connectivity index is 0.00000176. The fourth-order valence-electron chi connectivity index (χ4n) is 2.03. The molecule has 1 aromatic carbocycles. The Hall–Kier alpha value is -0.990. The second-order valence-electron chi connectivity index (χ2n) is 4.60. The maximum atomic E-state index is 12.1. The van der Waals surface area contributed by atoms with Crippen molar-refractivity contribution >= 4 is 50.7 Å². The number of carbonyl (C=O) groups excluding carboxylic acids is 1. The first-order valence-electron chi connectivity index (χ1n) is 6.57. The summed E-state index contributed by atoms with van der Waals surface area (Å²) < 4.78 is 6.42. The van der Waals surface area contributed by atoms with Gasteiger partial charge in [-0.2, -0.15) is 0 Å². The highest BCUT2D eigenvalue weighted by Gasteiger charge is 2.22. The monoisotopic (exact) mass is 403 g/mol. The van der Waals surface area contributed by atoms with Crippen molar-refractivity contribution in [1.82, 2.24) is 10.3 Å². The SMILES string of the molecule is Cl.O=C(Nc1nc(-c2cccc(Br)c2)cs1)C1CNCCO1. The van der Waals surface area contributed by atoms with Gasteiger partial charge in [0.25, 0.3) is 5.91 Å². The molecule has 2 N–H and O–H groups in total. The van der Waals surface area contributed by atoms with E-state index < -0.39 is 6.10 Å². The summed E-state index contributed by atoms with van der Waals surface area (Å²) in [5, 5.41) is 8.45. The molecule has 2 heterocycles. The molecule has 0 aliphatic carbocycles. The molecule has 1 aromatic heterocycles. The van der Waals surface area contributed by atoms with Crippen molar-refractivity contribution in [3.8, 4) is 11.3 Å². The maximum Gasteiger partial charge on any atom is 0.256 e. The predicted octanol–water partition coefficient (Wildman–Crippen LogP) is 2.92. The molecule has 0 saturated carbocycles. The van der Waals surface area contributed by atoms with Crippen LogP contribution in [-0.4, -0.2) is 36.7 Å². The number of morpholine rings is 1. The highest BCUT2D eigenvalue weighted by atomic mass is 79.9. The summed E-state index contributed by atoms with van der Waals surface area (Å²) in [6.45, 7) is 1.88. The summed E-state index contributed by atoms with van der Waals surface area (Å²) in [6, 6.07) is 7.90. The van der Waals surface area contributed by atoms with E-state index in [9.17, 15) is 4.79 Å². The van der Waals surface area contributed by atoms with Crippen LogP contribution < -0.4 is 10.6 Å². The highest BCUT2D eigenvalue weighted by Crippen LogP contribution is 2.27. The smallest absolute Gasteiger partial charge is 0.256 e. The van der Waals surface area contributed by atoms with E-state index in [1.807, 2.05) is 29.6 Å². The topological polar surface area (TPSA) is 63.2 Å². The Bertz CT molecular complexity index is 647. The van der Waals surface area contributed by atoms with Gasteiger partial charge in [-0.1, -0.05) is 28.1 Å². The van der Waals surface area contributed by atoms with Gasteiger partial charge in [-0.05, 0) is 12.1 Å². The van der Waals surface area contributed by atoms with Crippen molar-refractivity contribution in [2.24, 2.45) is 0 Å². The van der Waals surface area contributed by atoms with Crippen LogP contribution in [0.2, 0.25) is 0 Å². The van der Waals surface area contributed by atoms with Crippen LogP contribution in [0, 0.1) is 0 Å². The van der Waals surface area contributed by atoms with Crippen molar-refractivity contribution < 1.29 is 9.53 Å². The molecule has 0 radical (unpaired) electrons. The summed E-state index contributed by atoms with van der Waals surface area (Å²) in [5.41, 5.74) is 1.86. The zero-order valence-electron chi connectivity index (χ0n) is 11.5. The number of anilines is 1. The van der Waals surface area contributed by atoms with Crippen molar-refractivity contribution in [3.05, 3.63) is 34.1 Å². The molecule has 2 aromatic rings. The number of nitrogens with zero attached hydrogens (tertiary/aromatic N) is 1. The lowest BCUT2D eigenvalue weighted by Gasteiger charge is -2.22. The molecule has 1 fully saturated rings. The number of benzene rings is 1. The molecule has 1 atom stereocenters. The molecule has 5 nitrogen and oxygen atoms in total. The number of thiazole rings is 1. The Morgan fingerprint density at radius 1 is 1.50 bits per heavy atom. The molecule has 1 aliphatic heterocycles. The Morgan fingerprint density at radius 2 is 2.36 bits per heavy atom. The number of hydrogen-bond acceptors (Lipinski definition) is 5. The van der Waals surface area contributed by atoms with Gasteiger partial charge < -0.3 is 10.1 Å². The van der Waals surface area contributed by atoms with Gasteiger partial charge >= 0.3 is 0 Å². The number of halogens is 2. The first kappa shape index (κ1) is 17.4. The third-order valence-electron chi connectivity index (χ3n) is 3.07. The van der Waals surface area contributed by atoms with Crippen molar-refractivity contribution in [1.29, 1.82) is 0 Å². The minimum Gasteiger partial charge on any atom is -0.366 e. The number of rotatable bonds is 3. The van der Waals surface area contributed by atoms with E-state index >= 15 is 0 Å². The minimum atomic E-state index is -0.447. The normalized spacial score (nSPS) is 17.6. The first-order valence-corrected chi connectivity index (χ1v) is 8.24. The number of carbonyl (C=O) groups is 1. The van der Waals surface area contributed by atoms with Crippen molar-refractivity contribution in [2.45, 2.75) is 6.10 Å². The average molecular weight is 405 g/mol. The van der Waals surface area contributed by atoms with Crippen LogP contribution in [0.15, 0.2) is 34.1 Å². The molecule has 1 aliphatic rings. The van der Waals surface area contributed by atoms with Crippen LogP contribution in [0.25, 0.3) is 11.3 Å². The highest BCUT2D eigenvalue weighted by molar-refractivity contribution is 9.10. The van der Waals surface area contributed by atoms with Crippen LogP contribution in [0.3, 0.4) is 0 Å². The fraction of sp³-hybridized carbons (Fsp3) is 0.286. The molecular weight excluding hydrogens is 390 g/mol. The van der Waals surface area contributed by atoms with Crippen LogP contribution in [0.5, 0.6) is 0 Å². The Kier molecular flexibility index (Phi) is 6.34. The molecule has 118 valence electrons. The fourth-order valence-corrected chi connectivity index (χ4v) is 3.15. The lowest BCUT2D eigenvalue weighted by atomic mass is 10.2. The maximum absolute atomic E-state index is 12.1. The van der Waals surface area contributed by atoms with Crippen LogP contribution in [0.1, 0.15) is 0 Å². The van der Waals surface area contributed by atoms with Gasteiger partial charge in [0.1, 0.15) is 6.10 Å². The quantitative estimate of drug-likeness (QED) is 0.826. The van der Waals surface area contributed by atoms with E-state index in [0.717, 1.165) is 22.3 Å². The summed E-state index contributed by atoms with van der Waals surface area (Å²) in [5.74, 6) is -0.155. The number of aromatic nitrogens is 1. The molecule has 0 spiro atoms. The summed E-state index contributed by atoms with van der Waals surface area (Å²) in [4.78, 5) is 16.5. The van der Waals surface area contributed by atoms with Crippen molar-refractivity contribution in [3.63, 3.8) is 0 Å². The van der Waals surface area contributed by atoms with E-state index in [2.05, 4.69) is 31.5 Å². The number of hydrogen-bond donors (Lipinski definition) is 2. The lowest BCUT2D eigenvalue weighted by Crippen LogP contribution is -2.45. The number of ether oxygens (including phenoxy) is 1. The van der Waals surface area contributed by atoms with E-state index in [1.165, 1.54) is 11.3 Å². The van der Waals surface area contributed by atoms with E-state index in [0.29, 0.717) is 18.3 Å². The van der Waals surface area contributed by atoms with Crippen LogP contribution >= 0.6 is 39.7 Å². The molecule has 8 heteroatoms. The van der Waals surface area contributed by atoms with E-state index in [4.69, 9.17) is 4.74 Å².